The number of hydrogen-bond acceptors (Lipinski definition) is 6. The molecule has 1 amide bonds. The second-order valence-corrected chi connectivity index (χ2v) is 7.36. The van der Waals surface area contributed by atoms with Crippen LogP contribution in [0.3, 0.4) is 0 Å². The van der Waals surface area contributed by atoms with E-state index in [2.05, 4.69) is 5.32 Å². The minimum absolute atomic E-state index is 0.0189. The molecule has 0 aliphatic rings. The quantitative estimate of drug-likeness (QED) is 0.554. The summed E-state index contributed by atoms with van der Waals surface area (Å²) in [6.07, 6.45) is 0. The van der Waals surface area contributed by atoms with Crippen LogP contribution in [0.15, 0.2) is 29.6 Å². The van der Waals surface area contributed by atoms with Crippen molar-refractivity contribution in [2.45, 2.75) is 34.2 Å². The molecule has 0 atom stereocenters. The summed E-state index contributed by atoms with van der Waals surface area (Å²) in [5.41, 5.74) is 2.44. The standard InChI is InChI=1S/C22H24N2O5S/c1-5-24-16-11-9-8-10-14(16)13(4)18(24)19(25)23-20-17(22(27)29-7-3)15(12-30-20)21(26)28-6-2/h8-12H,5-7H2,1-4H3,(H,23,25). The minimum atomic E-state index is -0.676. The van der Waals surface area contributed by atoms with Gasteiger partial charge in [0.05, 0.1) is 18.8 Å². The molecule has 0 aliphatic carbocycles. The minimum Gasteiger partial charge on any atom is -0.462 e. The number of para-hydroxylation sites is 1. The Hall–Kier alpha value is -3.13. The molecule has 1 N–H and O–H groups in total. The van der Waals surface area contributed by atoms with E-state index in [9.17, 15) is 14.4 Å². The fourth-order valence-electron chi connectivity index (χ4n) is 3.48. The highest BCUT2D eigenvalue weighted by molar-refractivity contribution is 7.15. The molecule has 0 saturated heterocycles. The molecule has 3 rings (SSSR count). The number of hydrogen-bond donors (Lipinski definition) is 1. The van der Waals surface area contributed by atoms with Crippen LogP contribution in [0, 0.1) is 6.92 Å². The number of aryl methyl sites for hydroxylation is 2. The zero-order valence-electron chi connectivity index (χ0n) is 17.4. The van der Waals surface area contributed by atoms with Gasteiger partial charge in [0.25, 0.3) is 5.91 Å². The van der Waals surface area contributed by atoms with Crippen molar-refractivity contribution < 1.29 is 23.9 Å². The number of nitrogens with zero attached hydrogens (tertiary/aromatic N) is 1. The summed E-state index contributed by atoms with van der Waals surface area (Å²) in [4.78, 5) is 38.0. The summed E-state index contributed by atoms with van der Waals surface area (Å²) >= 11 is 1.09. The number of aromatic nitrogens is 1. The molecule has 0 radical (unpaired) electrons. The van der Waals surface area contributed by atoms with Crippen molar-refractivity contribution in [1.29, 1.82) is 0 Å². The molecule has 158 valence electrons. The number of carbonyl (C=O) groups excluding carboxylic acids is 3. The highest BCUT2D eigenvalue weighted by Crippen LogP contribution is 2.32. The van der Waals surface area contributed by atoms with Crippen molar-refractivity contribution in [1.82, 2.24) is 4.57 Å². The first-order valence-corrected chi connectivity index (χ1v) is 10.7. The maximum absolute atomic E-state index is 13.2. The largest absolute Gasteiger partial charge is 0.462 e. The predicted molar refractivity (Wildman–Crippen MR) is 117 cm³/mol. The highest BCUT2D eigenvalue weighted by Gasteiger charge is 2.28. The van der Waals surface area contributed by atoms with Crippen LogP contribution in [0.1, 0.15) is 57.5 Å². The van der Waals surface area contributed by atoms with Gasteiger partial charge in [-0.3, -0.25) is 4.79 Å². The number of thiophene rings is 1. The van der Waals surface area contributed by atoms with E-state index in [0.717, 1.165) is 27.8 Å². The van der Waals surface area contributed by atoms with E-state index in [-0.39, 0.29) is 35.2 Å². The third-order valence-corrected chi connectivity index (χ3v) is 5.64. The molecule has 1 aromatic carbocycles. The zero-order chi connectivity index (χ0) is 21.8. The van der Waals surface area contributed by atoms with Gasteiger partial charge in [-0.1, -0.05) is 18.2 Å². The second kappa shape index (κ2) is 9.13. The SMILES string of the molecule is CCOC(=O)c1csc(NC(=O)c2c(C)c3ccccc3n2CC)c1C(=O)OCC. The normalized spacial score (nSPS) is 10.8. The Kier molecular flexibility index (Phi) is 6.56. The van der Waals surface area contributed by atoms with E-state index in [4.69, 9.17) is 9.47 Å². The van der Waals surface area contributed by atoms with Crippen LogP contribution in [0.2, 0.25) is 0 Å². The Morgan fingerprint density at radius 2 is 1.70 bits per heavy atom. The van der Waals surface area contributed by atoms with Crippen molar-refractivity contribution in [3.05, 3.63) is 52.0 Å². The topological polar surface area (TPSA) is 86.6 Å². The average molecular weight is 429 g/mol. The van der Waals surface area contributed by atoms with E-state index in [1.165, 1.54) is 5.38 Å². The van der Waals surface area contributed by atoms with Crippen LogP contribution >= 0.6 is 11.3 Å². The number of esters is 2. The van der Waals surface area contributed by atoms with E-state index >= 15 is 0 Å². The monoisotopic (exact) mass is 428 g/mol. The maximum atomic E-state index is 13.2. The Morgan fingerprint density at radius 1 is 1.03 bits per heavy atom. The number of rotatable bonds is 7. The lowest BCUT2D eigenvalue weighted by molar-refractivity contribution is 0.0481. The molecular formula is C22H24N2O5S. The summed E-state index contributed by atoms with van der Waals surface area (Å²) in [5.74, 6) is -1.66. The first-order chi connectivity index (χ1) is 14.4. The van der Waals surface area contributed by atoms with Crippen LogP contribution in [0.4, 0.5) is 5.00 Å². The zero-order valence-corrected chi connectivity index (χ0v) is 18.2. The van der Waals surface area contributed by atoms with E-state index < -0.39 is 11.9 Å². The number of carbonyl (C=O) groups is 3. The summed E-state index contributed by atoms with van der Waals surface area (Å²) in [6, 6.07) is 7.80. The lowest BCUT2D eigenvalue weighted by atomic mass is 10.1. The fraction of sp³-hybridized carbons (Fsp3) is 0.318. The van der Waals surface area contributed by atoms with Crippen LogP contribution in [-0.2, 0) is 16.0 Å². The smallest absolute Gasteiger partial charge is 0.342 e. The van der Waals surface area contributed by atoms with Crippen LogP contribution in [-0.4, -0.2) is 35.6 Å². The molecule has 0 bridgehead atoms. The molecule has 0 spiro atoms. The molecule has 3 aromatic rings. The van der Waals surface area contributed by atoms with Crippen molar-refractivity contribution in [2.24, 2.45) is 0 Å². The molecule has 2 heterocycles. The third kappa shape index (κ3) is 3.82. The van der Waals surface area contributed by atoms with E-state index in [1.807, 2.05) is 42.7 Å². The van der Waals surface area contributed by atoms with Crippen molar-refractivity contribution >= 4 is 45.1 Å². The Morgan fingerprint density at radius 3 is 2.37 bits per heavy atom. The van der Waals surface area contributed by atoms with E-state index in [0.29, 0.717) is 12.2 Å². The Labute approximate surface area is 178 Å². The van der Waals surface area contributed by atoms with E-state index in [1.54, 1.807) is 13.8 Å². The average Bonchev–Trinajstić information content (AvgIpc) is 3.27. The maximum Gasteiger partial charge on any atom is 0.342 e. The molecule has 8 heteroatoms. The Balaban J connectivity index is 2.04. The number of fused-ring (bicyclic) bond motifs is 1. The van der Waals surface area contributed by atoms with Gasteiger partial charge < -0.3 is 19.4 Å². The number of nitrogens with one attached hydrogen (secondary N) is 1. The van der Waals surface area contributed by atoms with Crippen LogP contribution in [0.5, 0.6) is 0 Å². The molecule has 7 nitrogen and oxygen atoms in total. The molecular weight excluding hydrogens is 404 g/mol. The number of anilines is 1. The summed E-state index contributed by atoms with van der Waals surface area (Å²) in [5, 5.41) is 5.56. The second-order valence-electron chi connectivity index (χ2n) is 6.48. The molecule has 0 unspecified atom stereocenters. The van der Waals surface area contributed by atoms with Crippen LogP contribution < -0.4 is 5.32 Å². The molecule has 0 saturated carbocycles. The summed E-state index contributed by atoms with van der Waals surface area (Å²) in [7, 11) is 0. The number of amides is 1. The van der Waals surface area contributed by atoms with Gasteiger partial charge in [-0.15, -0.1) is 11.3 Å². The molecule has 2 aromatic heterocycles. The lowest BCUT2D eigenvalue weighted by Gasteiger charge is -2.11. The summed E-state index contributed by atoms with van der Waals surface area (Å²) < 4.78 is 12.1. The first-order valence-electron chi connectivity index (χ1n) is 9.79. The third-order valence-electron chi connectivity index (χ3n) is 4.75. The lowest BCUT2D eigenvalue weighted by Crippen LogP contribution is -2.20. The van der Waals surface area contributed by atoms with Gasteiger partial charge in [-0.05, 0) is 39.3 Å². The van der Waals surface area contributed by atoms with Crippen LogP contribution in [0.25, 0.3) is 10.9 Å². The molecule has 30 heavy (non-hydrogen) atoms. The first kappa shape index (κ1) is 21.6. The van der Waals surface area contributed by atoms with Gasteiger partial charge in [-0.2, -0.15) is 0 Å². The number of ether oxygens (including phenoxy) is 2. The molecule has 0 aliphatic heterocycles. The predicted octanol–water partition coefficient (Wildman–Crippen LogP) is 4.64. The van der Waals surface area contributed by atoms with Crippen molar-refractivity contribution in [3.8, 4) is 0 Å². The highest BCUT2D eigenvalue weighted by atomic mass is 32.1. The van der Waals surface area contributed by atoms with Crippen molar-refractivity contribution in [2.75, 3.05) is 18.5 Å². The number of benzene rings is 1. The summed E-state index contributed by atoms with van der Waals surface area (Å²) in [6.45, 7) is 8.16. The van der Waals surface area contributed by atoms with Crippen molar-refractivity contribution in [3.63, 3.8) is 0 Å². The Bertz CT molecular complexity index is 1110. The van der Waals surface area contributed by atoms with Gasteiger partial charge in [0.1, 0.15) is 16.3 Å². The van der Waals surface area contributed by atoms with Gasteiger partial charge in [0.15, 0.2) is 0 Å². The van der Waals surface area contributed by atoms with Gasteiger partial charge >= 0.3 is 11.9 Å². The van der Waals surface area contributed by atoms with Gasteiger partial charge in [-0.25, -0.2) is 9.59 Å². The molecule has 0 fully saturated rings. The fourth-order valence-corrected chi connectivity index (χ4v) is 4.39. The van der Waals surface area contributed by atoms with Gasteiger partial charge in [0.2, 0.25) is 0 Å². The van der Waals surface area contributed by atoms with Gasteiger partial charge in [0, 0.05) is 22.8 Å².